The smallest absolute Gasteiger partial charge is 0.158 e. The Kier molecular flexibility index (Phi) is 2.60. The van der Waals surface area contributed by atoms with Crippen LogP contribution in [0.1, 0.15) is 0 Å². The first-order chi connectivity index (χ1) is 6.68. The van der Waals surface area contributed by atoms with Gasteiger partial charge in [0.1, 0.15) is 5.88 Å². The van der Waals surface area contributed by atoms with E-state index in [9.17, 15) is 8.42 Å². The summed E-state index contributed by atoms with van der Waals surface area (Å²) in [4.78, 5) is 0. The molecule has 0 spiro atoms. The molecule has 2 rings (SSSR count). The average molecular weight is 274 g/mol. The van der Waals surface area contributed by atoms with Crippen molar-refractivity contribution in [1.82, 2.24) is 4.57 Å². The van der Waals surface area contributed by atoms with Crippen molar-refractivity contribution in [2.24, 2.45) is 0 Å². The van der Waals surface area contributed by atoms with Crippen molar-refractivity contribution in [3.05, 3.63) is 34.9 Å². The van der Waals surface area contributed by atoms with Gasteiger partial charge in [0, 0.05) is 16.1 Å². The summed E-state index contributed by atoms with van der Waals surface area (Å²) in [6, 6.07) is 7.63. The zero-order valence-corrected chi connectivity index (χ0v) is 9.66. The second kappa shape index (κ2) is 3.74. The van der Waals surface area contributed by atoms with Gasteiger partial charge in [-0.3, -0.25) is 0 Å². The molecule has 0 atom stereocenters. The van der Waals surface area contributed by atoms with Crippen molar-refractivity contribution in [2.75, 3.05) is 0 Å². The van der Waals surface area contributed by atoms with E-state index in [0.717, 1.165) is 15.4 Å². The van der Waals surface area contributed by atoms with Crippen LogP contribution in [-0.4, -0.2) is 13.0 Å². The molecule has 1 heterocycles. The van der Waals surface area contributed by atoms with Gasteiger partial charge in [-0.25, -0.2) is 8.42 Å². The van der Waals surface area contributed by atoms with Crippen molar-refractivity contribution in [3.8, 4) is 0 Å². The van der Waals surface area contributed by atoms with E-state index in [1.54, 1.807) is 10.8 Å². The van der Waals surface area contributed by atoms with Gasteiger partial charge in [-0.05, 0) is 18.2 Å². The Morgan fingerprint density at radius 3 is 2.79 bits per heavy atom. The summed E-state index contributed by atoms with van der Waals surface area (Å²) in [5, 5.41) is 1.03. The highest BCUT2D eigenvalue weighted by Gasteiger charge is 2.03. The number of fused-ring (bicyclic) bond motifs is 1. The van der Waals surface area contributed by atoms with Crippen LogP contribution in [0.2, 0.25) is 0 Å². The molecule has 0 bridgehead atoms. The fourth-order valence-corrected chi connectivity index (χ4v) is 2.42. The van der Waals surface area contributed by atoms with Gasteiger partial charge < -0.3 is 4.57 Å². The molecule has 0 aliphatic carbocycles. The third kappa shape index (κ3) is 1.69. The Hall–Kier alpha value is -0.810. The maximum Gasteiger partial charge on any atom is 0.158 e. The van der Waals surface area contributed by atoms with Crippen LogP contribution in [-0.2, 0) is 16.6 Å². The quantitative estimate of drug-likeness (QED) is 0.850. The van der Waals surface area contributed by atoms with Crippen molar-refractivity contribution >= 4 is 37.5 Å². The molecule has 1 aromatic heterocycles. The number of benzene rings is 1. The lowest BCUT2D eigenvalue weighted by Crippen LogP contribution is -1.96. The van der Waals surface area contributed by atoms with E-state index in [1.165, 1.54) is 0 Å². The van der Waals surface area contributed by atoms with Gasteiger partial charge in [0.25, 0.3) is 0 Å². The molecule has 5 heteroatoms. The highest BCUT2D eigenvalue weighted by atomic mass is 79.9. The molecule has 0 N–H and O–H groups in total. The fraction of sp³-hybridized carbons (Fsp3) is 0.111. The Morgan fingerprint density at radius 1 is 1.29 bits per heavy atom. The maximum absolute atomic E-state index is 10.6. The predicted octanol–water partition coefficient (Wildman–Crippen LogP) is 1.97. The van der Waals surface area contributed by atoms with E-state index >= 15 is 0 Å². The summed E-state index contributed by atoms with van der Waals surface area (Å²) in [5.41, 5.74) is 0.929. The first kappa shape index (κ1) is 9.73. The number of thiol groups is 1. The minimum atomic E-state index is -2.39. The Labute approximate surface area is 91.4 Å². The van der Waals surface area contributed by atoms with Crippen molar-refractivity contribution in [2.45, 2.75) is 5.88 Å². The zero-order valence-electron chi connectivity index (χ0n) is 7.18. The molecule has 0 radical (unpaired) electrons. The maximum atomic E-state index is 10.6. The molecule has 0 aliphatic rings. The first-order valence-corrected chi connectivity index (χ1v) is 6.19. The van der Waals surface area contributed by atoms with Gasteiger partial charge in [0.05, 0.1) is 5.52 Å². The largest absolute Gasteiger partial charge is 0.333 e. The van der Waals surface area contributed by atoms with Gasteiger partial charge in [0.15, 0.2) is 10.7 Å². The molecule has 0 unspecified atom stereocenters. The molecule has 14 heavy (non-hydrogen) atoms. The zero-order chi connectivity index (χ0) is 10.1. The fourth-order valence-electron chi connectivity index (χ4n) is 1.43. The molecule has 2 aromatic rings. The Bertz CT molecular complexity index is 537. The molecular weight excluding hydrogens is 266 g/mol. The SMILES string of the molecule is O=[SH](=O)Cn1ccc2c(Br)cccc21. The third-order valence-corrected chi connectivity index (χ3v) is 3.26. The lowest BCUT2D eigenvalue weighted by Gasteiger charge is -1.99. The second-order valence-corrected chi connectivity index (χ2v) is 4.73. The predicted molar refractivity (Wildman–Crippen MR) is 60.0 cm³/mol. The Balaban J connectivity index is 2.63. The van der Waals surface area contributed by atoms with Crippen LogP contribution in [0.4, 0.5) is 0 Å². The summed E-state index contributed by atoms with van der Waals surface area (Å²) in [6.45, 7) is 0. The molecular formula is C9H8BrNO2S. The van der Waals surface area contributed by atoms with E-state index in [2.05, 4.69) is 15.9 Å². The van der Waals surface area contributed by atoms with Gasteiger partial charge >= 0.3 is 0 Å². The van der Waals surface area contributed by atoms with E-state index < -0.39 is 10.7 Å². The van der Waals surface area contributed by atoms with E-state index in [-0.39, 0.29) is 5.88 Å². The molecule has 0 saturated heterocycles. The minimum absolute atomic E-state index is 0.0370. The van der Waals surface area contributed by atoms with Crippen LogP contribution in [0.25, 0.3) is 10.9 Å². The van der Waals surface area contributed by atoms with E-state index in [0.29, 0.717) is 0 Å². The third-order valence-electron chi connectivity index (χ3n) is 2.03. The lowest BCUT2D eigenvalue weighted by atomic mass is 10.2. The number of halogens is 1. The molecule has 0 fully saturated rings. The topological polar surface area (TPSA) is 39.1 Å². The number of hydrogen-bond donors (Lipinski definition) is 1. The summed E-state index contributed by atoms with van der Waals surface area (Å²) in [6.07, 6.45) is 1.78. The average Bonchev–Trinajstić information content (AvgIpc) is 2.49. The van der Waals surface area contributed by atoms with Crippen molar-refractivity contribution in [1.29, 1.82) is 0 Å². The van der Waals surface area contributed by atoms with Gasteiger partial charge in [-0.2, -0.15) is 0 Å². The number of rotatable bonds is 2. The van der Waals surface area contributed by atoms with E-state index in [1.807, 2.05) is 24.3 Å². The second-order valence-electron chi connectivity index (χ2n) is 2.93. The van der Waals surface area contributed by atoms with Crippen LogP contribution in [0, 0.1) is 0 Å². The summed E-state index contributed by atoms with van der Waals surface area (Å²) in [7, 11) is -2.39. The van der Waals surface area contributed by atoms with E-state index in [4.69, 9.17) is 0 Å². The summed E-state index contributed by atoms with van der Waals surface area (Å²) >= 11 is 3.41. The van der Waals surface area contributed by atoms with Gasteiger partial charge in [0.2, 0.25) is 0 Å². The minimum Gasteiger partial charge on any atom is -0.333 e. The highest BCUT2D eigenvalue weighted by Crippen LogP contribution is 2.24. The number of hydrogen-bond acceptors (Lipinski definition) is 2. The summed E-state index contributed by atoms with van der Waals surface area (Å²) in [5.74, 6) is 0.0370. The highest BCUT2D eigenvalue weighted by molar-refractivity contribution is 9.10. The number of nitrogens with zero attached hydrogens (tertiary/aromatic N) is 1. The van der Waals surface area contributed by atoms with Crippen LogP contribution >= 0.6 is 15.9 Å². The Morgan fingerprint density at radius 2 is 2.07 bits per heavy atom. The molecule has 3 nitrogen and oxygen atoms in total. The standard InChI is InChI=1S/C9H8BrNO2S/c10-8-2-1-3-9-7(8)4-5-11(9)6-14(12)13/h1-5,14H,6H2. The molecule has 0 saturated carbocycles. The van der Waals surface area contributed by atoms with Crippen LogP contribution in [0.15, 0.2) is 34.9 Å². The van der Waals surface area contributed by atoms with Gasteiger partial charge in [-0.15, -0.1) is 0 Å². The first-order valence-electron chi connectivity index (χ1n) is 4.03. The monoisotopic (exact) mass is 273 g/mol. The van der Waals surface area contributed by atoms with Crippen LogP contribution in [0.3, 0.4) is 0 Å². The molecule has 0 amide bonds. The van der Waals surface area contributed by atoms with Crippen molar-refractivity contribution < 1.29 is 8.42 Å². The van der Waals surface area contributed by atoms with Crippen LogP contribution in [0.5, 0.6) is 0 Å². The number of aromatic nitrogens is 1. The molecule has 1 aromatic carbocycles. The van der Waals surface area contributed by atoms with Gasteiger partial charge in [-0.1, -0.05) is 22.0 Å². The van der Waals surface area contributed by atoms with Crippen LogP contribution < -0.4 is 0 Å². The molecule has 0 aliphatic heterocycles. The van der Waals surface area contributed by atoms with Crippen molar-refractivity contribution in [3.63, 3.8) is 0 Å². The normalized spacial score (nSPS) is 11.3. The molecule has 74 valence electrons. The lowest BCUT2D eigenvalue weighted by molar-refractivity contribution is 0.605. The summed E-state index contributed by atoms with van der Waals surface area (Å²) < 4.78 is 23.9.